The van der Waals surface area contributed by atoms with Crippen molar-refractivity contribution in [1.29, 1.82) is 0 Å². The Bertz CT molecular complexity index is 312. The number of hydrogen-bond donors (Lipinski definition) is 1. The molecule has 0 bridgehead atoms. The second kappa shape index (κ2) is 5.34. The van der Waals surface area contributed by atoms with Crippen molar-refractivity contribution < 1.29 is 14.6 Å². The Hall–Kier alpha value is -1.42. The molecule has 1 heterocycles. The van der Waals surface area contributed by atoms with Crippen molar-refractivity contribution in [2.75, 3.05) is 13.2 Å². The second-order valence-corrected chi connectivity index (χ2v) is 2.75. The van der Waals surface area contributed by atoms with Gasteiger partial charge in [-0.1, -0.05) is 6.92 Å². The Labute approximate surface area is 82.5 Å². The zero-order valence-electron chi connectivity index (χ0n) is 8.06. The molecule has 0 aliphatic heterocycles. The van der Waals surface area contributed by atoms with E-state index in [4.69, 9.17) is 9.84 Å². The molecule has 0 fully saturated rings. The number of aliphatic hydroxyl groups excluding tert-OH is 1. The predicted molar refractivity (Wildman–Crippen MR) is 51.0 cm³/mol. The summed E-state index contributed by atoms with van der Waals surface area (Å²) in [6, 6.07) is 1.62. The summed E-state index contributed by atoms with van der Waals surface area (Å²) in [4.78, 5) is 15.3. The Kier molecular flexibility index (Phi) is 4.07. The van der Waals surface area contributed by atoms with Gasteiger partial charge in [-0.3, -0.25) is 4.98 Å². The van der Waals surface area contributed by atoms with Crippen LogP contribution in [-0.4, -0.2) is 29.3 Å². The van der Waals surface area contributed by atoms with Crippen LogP contribution in [0.3, 0.4) is 0 Å². The number of ether oxygens (including phenoxy) is 1. The fraction of sp³-hybridized carbons (Fsp3) is 0.400. The van der Waals surface area contributed by atoms with Gasteiger partial charge in [-0.15, -0.1) is 0 Å². The van der Waals surface area contributed by atoms with Crippen LogP contribution >= 0.6 is 0 Å². The third kappa shape index (κ3) is 2.53. The second-order valence-electron chi connectivity index (χ2n) is 2.75. The Morgan fingerprint density at radius 1 is 1.64 bits per heavy atom. The quantitative estimate of drug-likeness (QED) is 0.722. The average molecular weight is 195 g/mol. The first-order valence-corrected chi connectivity index (χ1v) is 4.50. The Balaban J connectivity index is 2.78. The smallest absolute Gasteiger partial charge is 0.338 e. The maximum Gasteiger partial charge on any atom is 0.338 e. The normalized spacial score (nSPS) is 9.86. The fourth-order valence-corrected chi connectivity index (χ4v) is 1.12. The van der Waals surface area contributed by atoms with Gasteiger partial charge in [0.25, 0.3) is 0 Å². The lowest BCUT2D eigenvalue weighted by Gasteiger charge is -2.06. The van der Waals surface area contributed by atoms with Crippen LogP contribution in [-0.2, 0) is 11.2 Å². The van der Waals surface area contributed by atoms with Crippen LogP contribution in [0.5, 0.6) is 0 Å². The molecule has 0 spiro atoms. The molecular weight excluding hydrogens is 182 g/mol. The first-order valence-electron chi connectivity index (χ1n) is 4.50. The summed E-state index contributed by atoms with van der Waals surface area (Å²) < 4.78 is 4.80. The third-order valence-electron chi connectivity index (χ3n) is 1.83. The van der Waals surface area contributed by atoms with E-state index in [1.54, 1.807) is 18.5 Å². The lowest BCUT2D eigenvalue weighted by atomic mass is 10.1. The van der Waals surface area contributed by atoms with Crippen molar-refractivity contribution in [2.24, 2.45) is 0 Å². The molecule has 0 saturated heterocycles. The summed E-state index contributed by atoms with van der Waals surface area (Å²) in [6.45, 7) is 1.82. The van der Waals surface area contributed by atoms with Crippen molar-refractivity contribution in [3.05, 3.63) is 29.6 Å². The van der Waals surface area contributed by atoms with Gasteiger partial charge in [0.05, 0.1) is 12.2 Å². The van der Waals surface area contributed by atoms with Crippen molar-refractivity contribution in [3.63, 3.8) is 0 Å². The van der Waals surface area contributed by atoms with Gasteiger partial charge in [0.1, 0.15) is 6.61 Å². The van der Waals surface area contributed by atoms with Gasteiger partial charge in [0.2, 0.25) is 0 Å². The minimum Gasteiger partial charge on any atom is -0.460 e. The van der Waals surface area contributed by atoms with Crippen molar-refractivity contribution in [3.8, 4) is 0 Å². The Morgan fingerprint density at radius 2 is 2.43 bits per heavy atom. The topological polar surface area (TPSA) is 59.4 Å². The molecule has 0 atom stereocenters. The number of aryl methyl sites for hydroxylation is 1. The molecule has 0 aliphatic rings. The summed E-state index contributed by atoms with van der Waals surface area (Å²) >= 11 is 0. The van der Waals surface area contributed by atoms with Crippen LogP contribution in [0.25, 0.3) is 0 Å². The number of nitrogens with zero attached hydrogens (tertiary/aromatic N) is 1. The number of hydrogen-bond acceptors (Lipinski definition) is 4. The summed E-state index contributed by atoms with van der Waals surface area (Å²) in [6.07, 6.45) is 3.93. The van der Waals surface area contributed by atoms with Crippen molar-refractivity contribution >= 4 is 5.97 Å². The number of aromatic nitrogens is 1. The van der Waals surface area contributed by atoms with Gasteiger partial charge >= 0.3 is 5.97 Å². The maximum absolute atomic E-state index is 11.4. The largest absolute Gasteiger partial charge is 0.460 e. The van der Waals surface area contributed by atoms with Crippen LogP contribution in [0.1, 0.15) is 22.8 Å². The van der Waals surface area contributed by atoms with Gasteiger partial charge < -0.3 is 9.84 Å². The summed E-state index contributed by atoms with van der Waals surface area (Å²) in [5, 5.41) is 8.50. The minimum absolute atomic E-state index is 0.0321. The molecule has 4 heteroatoms. The molecule has 76 valence electrons. The standard InChI is InChI=1S/C10H13NO3/c1-2-8-7-11-4-3-9(8)10(13)14-6-5-12/h3-4,7,12H,2,5-6H2,1H3. The third-order valence-corrected chi connectivity index (χ3v) is 1.83. The number of esters is 1. The van der Waals surface area contributed by atoms with E-state index in [2.05, 4.69) is 4.98 Å². The maximum atomic E-state index is 11.4. The van der Waals surface area contributed by atoms with Crippen LogP contribution < -0.4 is 0 Å². The summed E-state index contributed by atoms with van der Waals surface area (Å²) in [5.74, 6) is -0.404. The average Bonchev–Trinajstić information content (AvgIpc) is 2.25. The zero-order chi connectivity index (χ0) is 10.4. The van der Waals surface area contributed by atoms with Gasteiger partial charge in [-0.05, 0) is 18.1 Å². The molecule has 0 radical (unpaired) electrons. The van der Waals surface area contributed by atoms with E-state index in [1.165, 1.54) is 0 Å². The van der Waals surface area contributed by atoms with E-state index >= 15 is 0 Å². The highest BCUT2D eigenvalue weighted by molar-refractivity contribution is 5.90. The number of aliphatic hydroxyl groups is 1. The van der Waals surface area contributed by atoms with Gasteiger partial charge in [-0.25, -0.2) is 4.79 Å². The van der Waals surface area contributed by atoms with E-state index in [9.17, 15) is 4.79 Å². The molecule has 0 aromatic carbocycles. The SMILES string of the molecule is CCc1cnccc1C(=O)OCCO. The van der Waals surface area contributed by atoms with Crippen LogP contribution in [0.4, 0.5) is 0 Å². The predicted octanol–water partition coefficient (Wildman–Crippen LogP) is 0.793. The molecule has 1 N–H and O–H groups in total. The van der Waals surface area contributed by atoms with Crippen molar-refractivity contribution in [1.82, 2.24) is 4.98 Å². The molecule has 0 saturated carbocycles. The first-order chi connectivity index (χ1) is 6.79. The van der Waals surface area contributed by atoms with Crippen LogP contribution in [0, 0.1) is 0 Å². The lowest BCUT2D eigenvalue weighted by molar-refractivity contribution is 0.0432. The monoisotopic (exact) mass is 195 g/mol. The van der Waals surface area contributed by atoms with E-state index in [1.807, 2.05) is 6.92 Å². The minimum atomic E-state index is -0.404. The molecule has 0 aliphatic carbocycles. The molecule has 1 aromatic rings. The molecule has 1 rings (SSSR count). The number of carbonyl (C=O) groups excluding carboxylic acids is 1. The number of pyridine rings is 1. The van der Waals surface area contributed by atoms with Crippen LogP contribution in [0.2, 0.25) is 0 Å². The van der Waals surface area contributed by atoms with E-state index in [0.717, 1.165) is 12.0 Å². The number of rotatable bonds is 4. The van der Waals surface area contributed by atoms with Crippen LogP contribution in [0.15, 0.2) is 18.5 Å². The van der Waals surface area contributed by atoms with E-state index in [-0.39, 0.29) is 13.2 Å². The Morgan fingerprint density at radius 3 is 3.07 bits per heavy atom. The number of carbonyl (C=O) groups is 1. The summed E-state index contributed by atoms with van der Waals surface area (Å²) in [7, 11) is 0. The lowest BCUT2D eigenvalue weighted by Crippen LogP contribution is -2.11. The molecule has 0 amide bonds. The highest BCUT2D eigenvalue weighted by Crippen LogP contribution is 2.08. The van der Waals surface area contributed by atoms with E-state index < -0.39 is 5.97 Å². The van der Waals surface area contributed by atoms with Crippen molar-refractivity contribution in [2.45, 2.75) is 13.3 Å². The first kappa shape index (κ1) is 10.7. The molecule has 14 heavy (non-hydrogen) atoms. The van der Waals surface area contributed by atoms with E-state index in [0.29, 0.717) is 5.56 Å². The van der Waals surface area contributed by atoms with Gasteiger partial charge in [-0.2, -0.15) is 0 Å². The molecule has 0 unspecified atom stereocenters. The summed E-state index contributed by atoms with van der Waals surface area (Å²) in [5.41, 5.74) is 1.38. The molecule has 1 aromatic heterocycles. The highest BCUT2D eigenvalue weighted by atomic mass is 16.5. The van der Waals surface area contributed by atoms with Gasteiger partial charge in [0.15, 0.2) is 0 Å². The molecule has 4 nitrogen and oxygen atoms in total. The zero-order valence-corrected chi connectivity index (χ0v) is 8.06. The molecular formula is C10H13NO3. The fourth-order valence-electron chi connectivity index (χ4n) is 1.12. The van der Waals surface area contributed by atoms with Gasteiger partial charge in [0, 0.05) is 12.4 Å². The highest BCUT2D eigenvalue weighted by Gasteiger charge is 2.10.